The summed E-state index contributed by atoms with van der Waals surface area (Å²) in [6, 6.07) is 0. The fourth-order valence-electron chi connectivity index (χ4n) is 1.19. The van der Waals surface area contributed by atoms with E-state index in [2.05, 4.69) is 9.84 Å². The van der Waals surface area contributed by atoms with Crippen molar-refractivity contribution in [2.75, 3.05) is 7.11 Å². The molecule has 0 aliphatic heterocycles. The second-order valence-corrected chi connectivity index (χ2v) is 3.05. The Labute approximate surface area is 82.3 Å². The first-order valence-electron chi connectivity index (χ1n) is 4.30. The maximum absolute atomic E-state index is 11.0. The molecule has 0 aromatic carbocycles. The van der Waals surface area contributed by atoms with Gasteiger partial charge in [0.05, 0.1) is 19.4 Å². The van der Waals surface area contributed by atoms with Crippen LogP contribution in [0.15, 0.2) is 0 Å². The van der Waals surface area contributed by atoms with Gasteiger partial charge >= 0.3 is 5.97 Å². The van der Waals surface area contributed by atoms with Gasteiger partial charge in [0.15, 0.2) is 0 Å². The normalized spacial score (nSPS) is 10.3. The van der Waals surface area contributed by atoms with Crippen molar-refractivity contribution >= 4 is 5.97 Å². The summed E-state index contributed by atoms with van der Waals surface area (Å²) < 4.78 is 6.06. The predicted molar refractivity (Wildman–Crippen MR) is 49.6 cm³/mol. The van der Waals surface area contributed by atoms with Crippen LogP contribution in [0.4, 0.5) is 0 Å². The molecule has 0 fully saturated rings. The third-order valence-electron chi connectivity index (χ3n) is 2.26. The Morgan fingerprint density at radius 2 is 2.21 bits per heavy atom. The first-order valence-corrected chi connectivity index (χ1v) is 4.30. The van der Waals surface area contributed by atoms with E-state index >= 15 is 0 Å². The predicted octanol–water partition coefficient (Wildman–Crippen LogP) is 0.165. The SMILES string of the molecule is COC(=O)Cn1nc(CO)c(C)c1C. The summed E-state index contributed by atoms with van der Waals surface area (Å²) in [6.07, 6.45) is 0. The van der Waals surface area contributed by atoms with Crippen LogP contribution in [-0.2, 0) is 22.7 Å². The minimum absolute atomic E-state index is 0.0865. The van der Waals surface area contributed by atoms with Crippen molar-refractivity contribution < 1.29 is 14.6 Å². The highest BCUT2D eigenvalue weighted by Gasteiger charge is 2.12. The third-order valence-corrected chi connectivity index (χ3v) is 2.26. The van der Waals surface area contributed by atoms with Crippen molar-refractivity contribution in [3.63, 3.8) is 0 Å². The van der Waals surface area contributed by atoms with Crippen LogP contribution in [0.5, 0.6) is 0 Å². The minimum Gasteiger partial charge on any atom is -0.468 e. The summed E-state index contributed by atoms with van der Waals surface area (Å²) in [7, 11) is 1.33. The average molecular weight is 198 g/mol. The van der Waals surface area contributed by atoms with Crippen LogP contribution in [0.25, 0.3) is 0 Å². The molecule has 0 spiro atoms. The maximum Gasteiger partial charge on any atom is 0.327 e. The lowest BCUT2D eigenvalue weighted by Crippen LogP contribution is -2.14. The van der Waals surface area contributed by atoms with Crippen molar-refractivity contribution in [1.29, 1.82) is 0 Å². The number of aromatic nitrogens is 2. The van der Waals surface area contributed by atoms with Gasteiger partial charge in [-0.25, -0.2) is 0 Å². The highest BCUT2D eigenvalue weighted by Crippen LogP contribution is 2.11. The van der Waals surface area contributed by atoms with Gasteiger partial charge in [0.2, 0.25) is 0 Å². The molecule has 0 saturated carbocycles. The van der Waals surface area contributed by atoms with E-state index in [1.54, 1.807) is 0 Å². The van der Waals surface area contributed by atoms with Crippen LogP contribution in [0.1, 0.15) is 17.0 Å². The molecule has 5 nitrogen and oxygen atoms in total. The quantitative estimate of drug-likeness (QED) is 0.703. The number of rotatable bonds is 3. The molecule has 0 atom stereocenters. The van der Waals surface area contributed by atoms with Crippen molar-refractivity contribution in [3.05, 3.63) is 17.0 Å². The molecular weight excluding hydrogens is 184 g/mol. The number of aliphatic hydroxyl groups is 1. The van der Waals surface area contributed by atoms with E-state index in [0.717, 1.165) is 11.3 Å². The third kappa shape index (κ3) is 1.93. The standard InChI is InChI=1S/C9H14N2O3/c1-6-7(2)11(4-9(13)14-3)10-8(6)5-12/h12H,4-5H2,1-3H3. The van der Waals surface area contributed by atoms with Gasteiger partial charge in [-0.05, 0) is 19.4 Å². The first kappa shape index (κ1) is 10.7. The largest absolute Gasteiger partial charge is 0.468 e. The Morgan fingerprint density at radius 1 is 1.57 bits per heavy atom. The number of hydrogen-bond acceptors (Lipinski definition) is 4. The van der Waals surface area contributed by atoms with E-state index in [1.165, 1.54) is 11.8 Å². The summed E-state index contributed by atoms with van der Waals surface area (Å²) in [6.45, 7) is 3.69. The van der Waals surface area contributed by atoms with E-state index in [0.29, 0.717) is 5.69 Å². The van der Waals surface area contributed by atoms with E-state index in [1.807, 2.05) is 13.8 Å². The van der Waals surface area contributed by atoms with E-state index in [-0.39, 0.29) is 19.1 Å². The number of ether oxygens (including phenoxy) is 1. The molecule has 0 amide bonds. The highest BCUT2D eigenvalue weighted by atomic mass is 16.5. The highest BCUT2D eigenvalue weighted by molar-refractivity contribution is 5.69. The van der Waals surface area contributed by atoms with E-state index in [9.17, 15) is 4.79 Å². The average Bonchev–Trinajstić information content (AvgIpc) is 2.45. The van der Waals surface area contributed by atoms with Gasteiger partial charge in [0.25, 0.3) is 0 Å². The van der Waals surface area contributed by atoms with Crippen molar-refractivity contribution in [3.8, 4) is 0 Å². The number of carbonyl (C=O) groups excluding carboxylic acids is 1. The molecule has 1 rings (SSSR count). The van der Waals surface area contributed by atoms with Crippen LogP contribution >= 0.6 is 0 Å². The fraction of sp³-hybridized carbons (Fsp3) is 0.556. The molecule has 14 heavy (non-hydrogen) atoms. The van der Waals surface area contributed by atoms with E-state index < -0.39 is 0 Å². The van der Waals surface area contributed by atoms with Crippen LogP contribution in [0, 0.1) is 13.8 Å². The molecule has 1 heterocycles. The molecule has 1 aromatic heterocycles. The smallest absolute Gasteiger partial charge is 0.327 e. The molecule has 0 bridgehead atoms. The number of hydrogen-bond donors (Lipinski definition) is 1. The second-order valence-electron chi connectivity index (χ2n) is 3.05. The fourth-order valence-corrected chi connectivity index (χ4v) is 1.19. The second kappa shape index (κ2) is 4.23. The van der Waals surface area contributed by atoms with E-state index in [4.69, 9.17) is 5.11 Å². The Balaban J connectivity index is 2.93. The Morgan fingerprint density at radius 3 is 2.64 bits per heavy atom. The zero-order valence-electron chi connectivity index (χ0n) is 8.57. The zero-order valence-corrected chi connectivity index (χ0v) is 8.57. The van der Waals surface area contributed by atoms with Gasteiger partial charge in [-0.1, -0.05) is 0 Å². The molecule has 0 unspecified atom stereocenters. The summed E-state index contributed by atoms with van der Waals surface area (Å²) in [5.41, 5.74) is 2.39. The summed E-state index contributed by atoms with van der Waals surface area (Å²) in [5.74, 6) is -0.347. The molecular formula is C9H14N2O3. The molecule has 1 aromatic rings. The lowest BCUT2D eigenvalue weighted by atomic mass is 10.2. The monoisotopic (exact) mass is 198 g/mol. The van der Waals surface area contributed by atoms with Gasteiger partial charge in [-0.3, -0.25) is 9.48 Å². The topological polar surface area (TPSA) is 64.4 Å². The molecule has 5 heteroatoms. The van der Waals surface area contributed by atoms with Gasteiger partial charge in [-0.2, -0.15) is 5.10 Å². The Hall–Kier alpha value is -1.36. The van der Waals surface area contributed by atoms with Gasteiger partial charge in [-0.15, -0.1) is 0 Å². The Kier molecular flexibility index (Phi) is 3.24. The maximum atomic E-state index is 11.0. The van der Waals surface area contributed by atoms with Crippen LogP contribution in [-0.4, -0.2) is 28.0 Å². The minimum atomic E-state index is -0.347. The van der Waals surface area contributed by atoms with Crippen LogP contribution in [0.3, 0.4) is 0 Å². The number of methoxy groups -OCH3 is 1. The van der Waals surface area contributed by atoms with Crippen LogP contribution < -0.4 is 0 Å². The van der Waals surface area contributed by atoms with Crippen LogP contribution in [0.2, 0.25) is 0 Å². The number of nitrogens with zero attached hydrogens (tertiary/aromatic N) is 2. The summed E-state index contributed by atoms with van der Waals surface area (Å²) in [4.78, 5) is 11.0. The Bertz CT molecular complexity index is 344. The van der Waals surface area contributed by atoms with Gasteiger partial charge < -0.3 is 9.84 Å². The van der Waals surface area contributed by atoms with Crippen molar-refractivity contribution in [2.45, 2.75) is 27.0 Å². The zero-order chi connectivity index (χ0) is 10.7. The van der Waals surface area contributed by atoms with Gasteiger partial charge in [0.1, 0.15) is 6.54 Å². The van der Waals surface area contributed by atoms with Crippen molar-refractivity contribution in [1.82, 2.24) is 9.78 Å². The number of carbonyl (C=O) groups is 1. The summed E-state index contributed by atoms with van der Waals surface area (Å²) in [5, 5.41) is 13.0. The molecule has 0 radical (unpaired) electrons. The number of aliphatic hydroxyl groups excluding tert-OH is 1. The van der Waals surface area contributed by atoms with Gasteiger partial charge in [0, 0.05) is 5.69 Å². The number of esters is 1. The lowest BCUT2D eigenvalue weighted by molar-refractivity contribution is -0.141. The first-order chi connectivity index (χ1) is 6.60. The molecule has 0 aliphatic rings. The molecule has 0 saturated heterocycles. The molecule has 0 aliphatic carbocycles. The lowest BCUT2D eigenvalue weighted by Gasteiger charge is -2.01. The molecule has 78 valence electrons. The molecule has 1 N–H and O–H groups in total. The summed E-state index contributed by atoms with van der Waals surface area (Å²) >= 11 is 0. The van der Waals surface area contributed by atoms with Crippen molar-refractivity contribution in [2.24, 2.45) is 0 Å².